The summed E-state index contributed by atoms with van der Waals surface area (Å²) in [6.07, 6.45) is 5.86. The van der Waals surface area contributed by atoms with Gasteiger partial charge >= 0.3 is 0 Å². The van der Waals surface area contributed by atoms with Crippen LogP contribution in [0.15, 0.2) is 60.1 Å². The van der Waals surface area contributed by atoms with Crippen LogP contribution in [0.25, 0.3) is 0 Å². The van der Waals surface area contributed by atoms with E-state index in [0.717, 1.165) is 41.9 Å². The van der Waals surface area contributed by atoms with E-state index in [9.17, 15) is 0 Å². The van der Waals surface area contributed by atoms with Gasteiger partial charge in [0, 0.05) is 18.7 Å². The summed E-state index contributed by atoms with van der Waals surface area (Å²) in [6.45, 7) is 7.76. The van der Waals surface area contributed by atoms with E-state index in [1.807, 2.05) is 4.68 Å². The second-order valence-corrected chi connectivity index (χ2v) is 8.33. The zero-order valence-corrected chi connectivity index (χ0v) is 21.7. The van der Waals surface area contributed by atoms with Crippen molar-refractivity contribution in [3.8, 4) is 5.75 Å². The number of hydrogen-bond donors (Lipinski definition) is 2. The molecule has 2 aromatic carbocycles. The van der Waals surface area contributed by atoms with Gasteiger partial charge in [0.2, 0.25) is 0 Å². The van der Waals surface area contributed by atoms with Gasteiger partial charge in [-0.2, -0.15) is 5.10 Å². The lowest BCUT2D eigenvalue weighted by molar-refractivity contribution is 0.296. The van der Waals surface area contributed by atoms with Gasteiger partial charge in [-0.25, -0.2) is 14.7 Å². The predicted molar refractivity (Wildman–Crippen MR) is 142 cm³/mol. The Kier molecular flexibility index (Phi) is 9.53. The molecule has 8 heteroatoms. The minimum atomic E-state index is 0. The Morgan fingerprint density at radius 1 is 1.15 bits per heavy atom. The van der Waals surface area contributed by atoms with E-state index in [2.05, 4.69) is 77.0 Å². The van der Waals surface area contributed by atoms with Crippen LogP contribution in [-0.4, -0.2) is 33.9 Å². The van der Waals surface area contributed by atoms with Crippen LogP contribution >= 0.6 is 24.0 Å². The molecule has 0 aliphatic heterocycles. The normalized spacial score (nSPS) is 13.3. The van der Waals surface area contributed by atoms with Gasteiger partial charge in [-0.1, -0.05) is 36.4 Å². The smallest absolute Gasteiger partial charge is 0.191 e. The minimum Gasteiger partial charge on any atom is -0.493 e. The molecule has 0 amide bonds. The molecule has 3 aromatic rings. The molecule has 0 radical (unpaired) electrons. The first kappa shape index (κ1) is 25.0. The Morgan fingerprint density at radius 3 is 2.76 bits per heavy atom. The van der Waals surface area contributed by atoms with E-state index in [-0.39, 0.29) is 24.0 Å². The molecule has 2 N–H and O–H groups in total. The number of nitrogens with one attached hydrogen (secondary N) is 2. The maximum absolute atomic E-state index is 6.11. The van der Waals surface area contributed by atoms with Gasteiger partial charge in [0.15, 0.2) is 5.96 Å². The predicted octanol–water partition coefficient (Wildman–Crippen LogP) is 4.30. The van der Waals surface area contributed by atoms with Crippen LogP contribution in [0.4, 0.5) is 0 Å². The molecule has 0 unspecified atom stereocenters. The van der Waals surface area contributed by atoms with Gasteiger partial charge < -0.3 is 15.4 Å². The zero-order valence-electron chi connectivity index (χ0n) is 19.3. The van der Waals surface area contributed by atoms with Gasteiger partial charge in [0.1, 0.15) is 18.4 Å². The lowest BCUT2D eigenvalue weighted by Crippen LogP contribution is -2.36. The molecule has 1 aromatic heterocycles. The molecule has 0 saturated heterocycles. The van der Waals surface area contributed by atoms with Crippen LogP contribution in [0.1, 0.15) is 42.0 Å². The van der Waals surface area contributed by atoms with Crippen LogP contribution in [-0.2, 0) is 19.6 Å². The number of guanidine groups is 1. The van der Waals surface area contributed by atoms with E-state index >= 15 is 0 Å². The van der Waals surface area contributed by atoms with E-state index in [0.29, 0.717) is 19.6 Å². The van der Waals surface area contributed by atoms with Crippen LogP contribution in [0.3, 0.4) is 0 Å². The standard InChI is InChI=1S/C25H32N6O.HI/c1-3-27-25(28-13-21-5-4-6-22(12-21)15-31-18-26-17-30-31)29-14-23-10-7-19(2)11-24(23)32-16-20-8-9-20;/h4-7,10-12,17-18,20H,3,8-9,13-16H2,1-2H3,(H2,27,28,29);1H. The first-order chi connectivity index (χ1) is 15.7. The molecule has 1 heterocycles. The summed E-state index contributed by atoms with van der Waals surface area (Å²) in [4.78, 5) is 8.79. The first-order valence-electron chi connectivity index (χ1n) is 11.3. The Bertz CT molecular complexity index is 1030. The van der Waals surface area contributed by atoms with Crippen LogP contribution in [0.5, 0.6) is 5.75 Å². The molecule has 7 nitrogen and oxygen atoms in total. The molecular weight excluding hydrogens is 527 g/mol. The third-order valence-corrected chi connectivity index (χ3v) is 5.41. The highest BCUT2D eigenvalue weighted by Crippen LogP contribution is 2.30. The van der Waals surface area contributed by atoms with Crippen molar-refractivity contribution in [2.24, 2.45) is 10.9 Å². The average molecular weight is 560 g/mol. The van der Waals surface area contributed by atoms with E-state index in [4.69, 9.17) is 9.73 Å². The van der Waals surface area contributed by atoms with Gasteiger partial charge in [-0.3, -0.25) is 0 Å². The summed E-state index contributed by atoms with van der Waals surface area (Å²) in [5, 5.41) is 11.0. The summed E-state index contributed by atoms with van der Waals surface area (Å²) in [7, 11) is 0. The fourth-order valence-corrected chi connectivity index (χ4v) is 3.45. The fraction of sp³-hybridized carbons (Fsp3) is 0.400. The Hall–Kier alpha value is -2.62. The first-order valence-corrected chi connectivity index (χ1v) is 11.3. The number of aryl methyl sites for hydroxylation is 1. The number of hydrogen-bond acceptors (Lipinski definition) is 4. The number of nitrogens with zero attached hydrogens (tertiary/aromatic N) is 4. The summed E-state index contributed by atoms with van der Waals surface area (Å²) >= 11 is 0. The Morgan fingerprint density at radius 2 is 2.00 bits per heavy atom. The summed E-state index contributed by atoms with van der Waals surface area (Å²) in [5.41, 5.74) is 4.70. The molecule has 1 aliphatic carbocycles. The van der Waals surface area contributed by atoms with Crippen LogP contribution in [0, 0.1) is 12.8 Å². The molecule has 1 saturated carbocycles. The van der Waals surface area contributed by atoms with Crippen molar-refractivity contribution >= 4 is 29.9 Å². The Balaban J connectivity index is 0.00000306. The minimum absolute atomic E-state index is 0. The van der Waals surface area contributed by atoms with Crippen molar-refractivity contribution in [2.75, 3.05) is 13.2 Å². The lowest BCUT2D eigenvalue weighted by atomic mass is 10.1. The van der Waals surface area contributed by atoms with Gasteiger partial charge in [-0.15, -0.1) is 24.0 Å². The fourth-order valence-electron chi connectivity index (χ4n) is 3.45. The van der Waals surface area contributed by atoms with E-state index in [1.54, 1.807) is 12.7 Å². The maximum atomic E-state index is 6.11. The van der Waals surface area contributed by atoms with E-state index < -0.39 is 0 Å². The molecule has 176 valence electrons. The van der Waals surface area contributed by atoms with E-state index in [1.165, 1.54) is 24.0 Å². The number of ether oxygens (including phenoxy) is 1. The number of aromatic nitrogens is 3. The molecule has 4 rings (SSSR count). The summed E-state index contributed by atoms with van der Waals surface area (Å²) in [6, 6.07) is 14.8. The van der Waals surface area contributed by atoms with Crippen LogP contribution in [0.2, 0.25) is 0 Å². The van der Waals surface area contributed by atoms with Crippen LogP contribution < -0.4 is 15.4 Å². The third kappa shape index (κ3) is 8.03. The monoisotopic (exact) mass is 560 g/mol. The highest BCUT2D eigenvalue weighted by Gasteiger charge is 2.22. The highest BCUT2D eigenvalue weighted by atomic mass is 127. The van der Waals surface area contributed by atoms with Gasteiger partial charge in [0.05, 0.1) is 19.7 Å². The molecule has 0 spiro atoms. The zero-order chi connectivity index (χ0) is 22.2. The molecule has 0 atom stereocenters. The summed E-state index contributed by atoms with van der Waals surface area (Å²) in [5.74, 6) is 2.50. The lowest BCUT2D eigenvalue weighted by Gasteiger charge is -2.15. The number of aliphatic imine (C=N–C) groups is 1. The van der Waals surface area contributed by atoms with Crippen molar-refractivity contribution in [3.63, 3.8) is 0 Å². The topological polar surface area (TPSA) is 76.4 Å². The van der Waals surface area contributed by atoms with Gasteiger partial charge in [0.25, 0.3) is 0 Å². The number of rotatable bonds is 10. The third-order valence-electron chi connectivity index (χ3n) is 5.41. The quantitative estimate of drug-likeness (QED) is 0.220. The van der Waals surface area contributed by atoms with Crippen molar-refractivity contribution < 1.29 is 4.74 Å². The molecule has 33 heavy (non-hydrogen) atoms. The van der Waals surface area contributed by atoms with Gasteiger partial charge in [-0.05, 0) is 55.4 Å². The summed E-state index contributed by atoms with van der Waals surface area (Å²) < 4.78 is 7.93. The van der Waals surface area contributed by atoms with Crippen molar-refractivity contribution in [1.82, 2.24) is 25.4 Å². The second-order valence-electron chi connectivity index (χ2n) is 8.33. The average Bonchev–Trinajstić information content (AvgIpc) is 3.49. The molecule has 1 fully saturated rings. The maximum Gasteiger partial charge on any atom is 0.191 e. The van der Waals surface area contributed by atoms with Crippen molar-refractivity contribution in [3.05, 3.63) is 77.4 Å². The van der Waals surface area contributed by atoms with Crippen molar-refractivity contribution in [2.45, 2.75) is 46.3 Å². The SMILES string of the molecule is CCNC(=NCc1cccc(Cn2cncn2)c1)NCc1ccc(C)cc1OCC1CC1.I. The number of benzene rings is 2. The molecule has 1 aliphatic rings. The highest BCUT2D eigenvalue weighted by molar-refractivity contribution is 14.0. The number of halogens is 1. The largest absolute Gasteiger partial charge is 0.493 e. The molecule has 0 bridgehead atoms. The second kappa shape index (κ2) is 12.6. The molecular formula is C25H33IN6O. The Labute approximate surface area is 213 Å². The van der Waals surface area contributed by atoms with Crippen molar-refractivity contribution in [1.29, 1.82) is 0 Å².